The lowest BCUT2D eigenvalue weighted by molar-refractivity contribution is 0.768. The Labute approximate surface area is 69.9 Å². The zero-order valence-corrected chi connectivity index (χ0v) is 6.68. The summed E-state index contributed by atoms with van der Waals surface area (Å²) >= 11 is 0. The van der Waals surface area contributed by atoms with Gasteiger partial charge in [-0.25, -0.2) is 0 Å². The van der Waals surface area contributed by atoms with Crippen molar-refractivity contribution in [3.8, 4) is 11.1 Å². The zero-order valence-electron chi connectivity index (χ0n) is 6.68. The van der Waals surface area contributed by atoms with Gasteiger partial charge < -0.3 is 0 Å². The van der Waals surface area contributed by atoms with Crippen LogP contribution in [0, 0.1) is 0 Å². The standard InChI is InChI=1S/C8H8N4/c1-12-6-8(5-11-12)7-2-3-9-10-4-7/h2-6H,1H3. The summed E-state index contributed by atoms with van der Waals surface area (Å²) in [6, 6.07) is 1.91. The van der Waals surface area contributed by atoms with E-state index in [0.717, 1.165) is 11.1 Å². The van der Waals surface area contributed by atoms with Gasteiger partial charge in [0.1, 0.15) is 0 Å². The topological polar surface area (TPSA) is 43.6 Å². The first-order chi connectivity index (χ1) is 5.86. The number of hydrogen-bond donors (Lipinski definition) is 0. The third kappa shape index (κ3) is 1.18. The van der Waals surface area contributed by atoms with Crippen LogP contribution in [0.15, 0.2) is 30.9 Å². The first kappa shape index (κ1) is 6.97. The van der Waals surface area contributed by atoms with Crippen molar-refractivity contribution in [2.75, 3.05) is 0 Å². The van der Waals surface area contributed by atoms with Gasteiger partial charge in [0.05, 0.1) is 18.6 Å². The molecule has 2 rings (SSSR count). The van der Waals surface area contributed by atoms with E-state index in [1.54, 1.807) is 23.3 Å². The highest BCUT2D eigenvalue weighted by atomic mass is 15.2. The van der Waals surface area contributed by atoms with E-state index in [2.05, 4.69) is 15.3 Å². The molecule has 0 saturated heterocycles. The lowest BCUT2D eigenvalue weighted by Gasteiger charge is -1.91. The Morgan fingerprint density at radius 1 is 1.17 bits per heavy atom. The minimum atomic E-state index is 1.04. The van der Waals surface area contributed by atoms with Crippen molar-refractivity contribution in [3.63, 3.8) is 0 Å². The molecule has 0 aliphatic heterocycles. The molecule has 0 spiro atoms. The molecule has 2 aromatic heterocycles. The van der Waals surface area contributed by atoms with E-state index in [-0.39, 0.29) is 0 Å². The molecule has 0 atom stereocenters. The van der Waals surface area contributed by atoms with Crippen LogP contribution in [-0.4, -0.2) is 20.0 Å². The second kappa shape index (κ2) is 2.73. The Kier molecular flexibility index (Phi) is 1.59. The van der Waals surface area contributed by atoms with Crippen molar-refractivity contribution in [3.05, 3.63) is 30.9 Å². The van der Waals surface area contributed by atoms with Crippen molar-refractivity contribution in [1.29, 1.82) is 0 Å². The maximum Gasteiger partial charge on any atom is 0.0575 e. The molecule has 0 unspecified atom stereocenters. The van der Waals surface area contributed by atoms with Gasteiger partial charge in [-0.15, -0.1) is 0 Å². The van der Waals surface area contributed by atoms with Crippen LogP contribution < -0.4 is 0 Å². The highest BCUT2D eigenvalue weighted by Gasteiger charge is 1.98. The van der Waals surface area contributed by atoms with Crippen LogP contribution in [0.2, 0.25) is 0 Å². The molecule has 12 heavy (non-hydrogen) atoms. The third-order valence-electron chi connectivity index (χ3n) is 1.62. The minimum absolute atomic E-state index is 1.04. The van der Waals surface area contributed by atoms with E-state index >= 15 is 0 Å². The predicted molar refractivity (Wildman–Crippen MR) is 44.2 cm³/mol. The van der Waals surface area contributed by atoms with Crippen LogP contribution in [0.1, 0.15) is 0 Å². The van der Waals surface area contributed by atoms with E-state index in [1.807, 2.05) is 19.3 Å². The summed E-state index contributed by atoms with van der Waals surface area (Å²) in [4.78, 5) is 0. The predicted octanol–water partition coefficient (Wildman–Crippen LogP) is 0.877. The highest BCUT2D eigenvalue weighted by molar-refractivity contribution is 5.59. The molecule has 60 valence electrons. The molecule has 0 radical (unpaired) electrons. The van der Waals surface area contributed by atoms with Crippen molar-refractivity contribution < 1.29 is 0 Å². The fourth-order valence-corrected chi connectivity index (χ4v) is 1.03. The van der Waals surface area contributed by atoms with Crippen LogP contribution in [0.5, 0.6) is 0 Å². The maximum atomic E-state index is 4.06. The molecule has 4 heteroatoms. The molecule has 0 saturated carbocycles. The molecule has 0 amide bonds. The summed E-state index contributed by atoms with van der Waals surface area (Å²) in [6.45, 7) is 0. The Hall–Kier alpha value is -1.71. The Balaban J connectivity index is 2.45. The van der Waals surface area contributed by atoms with Crippen molar-refractivity contribution >= 4 is 0 Å². The zero-order chi connectivity index (χ0) is 8.39. The van der Waals surface area contributed by atoms with Crippen LogP contribution in [0.4, 0.5) is 0 Å². The molecule has 0 aliphatic rings. The Morgan fingerprint density at radius 2 is 2.08 bits per heavy atom. The van der Waals surface area contributed by atoms with E-state index in [1.165, 1.54) is 0 Å². The molecule has 0 N–H and O–H groups in total. The molecular weight excluding hydrogens is 152 g/mol. The Bertz CT molecular complexity index is 366. The number of rotatable bonds is 1. The van der Waals surface area contributed by atoms with Gasteiger partial charge in [0.2, 0.25) is 0 Å². The average Bonchev–Trinajstić information content (AvgIpc) is 2.54. The van der Waals surface area contributed by atoms with Crippen molar-refractivity contribution in [2.24, 2.45) is 7.05 Å². The molecular formula is C8H8N4. The first-order valence-corrected chi connectivity index (χ1v) is 3.62. The van der Waals surface area contributed by atoms with Gasteiger partial charge in [-0.1, -0.05) is 0 Å². The summed E-state index contributed by atoms with van der Waals surface area (Å²) in [7, 11) is 1.89. The molecule has 2 heterocycles. The van der Waals surface area contributed by atoms with Crippen LogP contribution in [0.3, 0.4) is 0 Å². The molecule has 2 aromatic rings. The van der Waals surface area contributed by atoms with E-state index in [0.29, 0.717) is 0 Å². The molecule has 0 bridgehead atoms. The van der Waals surface area contributed by atoms with Crippen LogP contribution >= 0.6 is 0 Å². The SMILES string of the molecule is Cn1cc(-c2ccnnc2)cn1. The second-order valence-corrected chi connectivity index (χ2v) is 2.53. The number of hydrogen-bond acceptors (Lipinski definition) is 3. The minimum Gasteiger partial charge on any atom is -0.275 e. The van der Waals surface area contributed by atoms with Gasteiger partial charge in [-0.05, 0) is 6.07 Å². The van der Waals surface area contributed by atoms with Crippen LogP contribution in [0.25, 0.3) is 11.1 Å². The monoisotopic (exact) mass is 160 g/mol. The quantitative estimate of drug-likeness (QED) is 0.622. The first-order valence-electron chi connectivity index (χ1n) is 3.62. The molecule has 0 fully saturated rings. The van der Waals surface area contributed by atoms with Gasteiger partial charge in [0.25, 0.3) is 0 Å². The van der Waals surface area contributed by atoms with Gasteiger partial charge >= 0.3 is 0 Å². The fourth-order valence-electron chi connectivity index (χ4n) is 1.03. The number of aromatic nitrogens is 4. The molecule has 0 aliphatic carbocycles. The van der Waals surface area contributed by atoms with Crippen molar-refractivity contribution in [1.82, 2.24) is 20.0 Å². The van der Waals surface area contributed by atoms with Crippen molar-refractivity contribution in [2.45, 2.75) is 0 Å². The average molecular weight is 160 g/mol. The number of aryl methyl sites for hydroxylation is 1. The third-order valence-corrected chi connectivity index (χ3v) is 1.62. The molecule has 0 aromatic carbocycles. The van der Waals surface area contributed by atoms with E-state index < -0.39 is 0 Å². The smallest absolute Gasteiger partial charge is 0.0575 e. The normalized spacial score (nSPS) is 10.1. The Morgan fingerprint density at radius 3 is 2.67 bits per heavy atom. The maximum absolute atomic E-state index is 4.06. The largest absolute Gasteiger partial charge is 0.275 e. The van der Waals surface area contributed by atoms with Crippen LogP contribution in [-0.2, 0) is 7.05 Å². The summed E-state index contributed by atoms with van der Waals surface area (Å²) in [5, 5.41) is 11.5. The van der Waals surface area contributed by atoms with Gasteiger partial charge in [-0.3, -0.25) is 4.68 Å². The lowest BCUT2D eigenvalue weighted by Crippen LogP contribution is -1.84. The van der Waals surface area contributed by atoms with Gasteiger partial charge in [0, 0.05) is 24.4 Å². The number of nitrogens with zero attached hydrogens (tertiary/aromatic N) is 4. The van der Waals surface area contributed by atoms with Gasteiger partial charge in [0.15, 0.2) is 0 Å². The summed E-state index contributed by atoms with van der Waals surface area (Å²) in [5.74, 6) is 0. The van der Waals surface area contributed by atoms with E-state index in [4.69, 9.17) is 0 Å². The van der Waals surface area contributed by atoms with E-state index in [9.17, 15) is 0 Å². The van der Waals surface area contributed by atoms with Gasteiger partial charge in [-0.2, -0.15) is 15.3 Å². The summed E-state index contributed by atoms with van der Waals surface area (Å²) < 4.78 is 1.76. The highest BCUT2D eigenvalue weighted by Crippen LogP contribution is 2.14. The summed E-state index contributed by atoms with van der Waals surface area (Å²) in [5.41, 5.74) is 2.10. The lowest BCUT2D eigenvalue weighted by atomic mass is 10.2. The second-order valence-electron chi connectivity index (χ2n) is 2.53. The summed E-state index contributed by atoms with van der Waals surface area (Å²) in [6.07, 6.45) is 7.13. The fraction of sp³-hybridized carbons (Fsp3) is 0.125. The molecule has 4 nitrogen and oxygen atoms in total.